The van der Waals surface area contributed by atoms with Crippen LogP contribution in [0.2, 0.25) is 0 Å². The Morgan fingerprint density at radius 1 is 1.19 bits per heavy atom. The van der Waals surface area contributed by atoms with Crippen molar-refractivity contribution in [1.82, 2.24) is 10.6 Å². The molecule has 27 heavy (non-hydrogen) atoms. The van der Waals surface area contributed by atoms with Crippen LogP contribution in [0.5, 0.6) is 0 Å². The Hall–Kier alpha value is -1.98. The Kier molecular flexibility index (Phi) is 7.75. The van der Waals surface area contributed by atoms with Gasteiger partial charge in [0.2, 0.25) is 5.91 Å². The van der Waals surface area contributed by atoms with Crippen LogP contribution in [0.4, 0.5) is 8.78 Å². The first kappa shape index (κ1) is 21.3. The smallest absolute Gasteiger partial charge is 0.223 e. The SMILES string of the molecule is C[C@H]1C[C@@H](C(=O)NC(Cc2cccc(F)c2)c2cccc(F)c2)CCN1.Cl. The average molecular weight is 395 g/mol. The monoisotopic (exact) mass is 394 g/mol. The Balaban J connectivity index is 0.00000261. The van der Waals surface area contributed by atoms with Gasteiger partial charge in [0.1, 0.15) is 11.6 Å². The van der Waals surface area contributed by atoms with Gasteiger partial charge in [-0.2, -0.15) is 0 Å². The van der Waals surface area contributed by atoms with Crippen LogP contribution in [0.15, 0.2) is 48.5 Å². The number of hydrogen-bond donors (Lipinski definition) is 2. The van der Waals surface area contributed by atoms with Crippen molar-refractivity contribution in [3.05, 3.63) is 71.3 Å². The minimum Gasteiger partial charge on any atom is -0.349 e. The molecule has 0 aromatic heterocycles. The first-order chi connectivity index (χ1) is 12.5. The van der Waals surface area contributed by atoms with Crippen LogP contribution in [0, 0.1) is 17.6 Å². The second-order valence-corrected chi connectivity index (χ2v) is 7.03. The van der Waals surface area contributed by atoms with Crippen LogP contribution < -0.4 is 10.6 Å². The third-order valence-electron chi connectivity index (χ3n) is 4.89. The van der Waals surface area contributed by atoms with Crippen molar-refractivity contribution in [2.75, 3.05) is 6.54 Å². The lowest BCUT2D eigenvalue weighted by Gasteiger charge is -2.29. The minimum atomic E-state index is -0.398. The molecule has 0 radical (unpaired) electrons. The average Bonchev–Trinajstić information content (AvgIpc) is 2.61. The summed E-state index contributed by atoms with van der Waals surface area (Å²) in [5, 5.41) is 6.40. The van der Waals surface area contributed by atoms with Gasteiger partial charge in [-0.05, 0) is 68.1 Å². The standard InChI is InChI=1S/C21H24F2N2O.ClH/c1-14-10-17(8-9-24-14)21(26)25-20(16-5-3-7-19(23)13-16)12-15-4-2-6-18(22)11-15;/h2-7,11,13-14,17,20,24H,8-10,12H2,1H3,(H,25,26);1H/t14-,17-,20?;/m0./s1. The second-order valence-electron chi connectivity index (χ2n) is 7.03. The van der Waals surface area contributed by atoms with Gasteiger partial charge in [0.25, 0.3) is 0 Å². The predicted octanol–water partition coefficient (Wildman–Crippen LogP) is 4.17. The predicted molar refractivity (Wildman–Crippen MR) is 105 cm³/mol. The van der Waals surface area contributed by atoms with Crippen LogP contribution >= 0.6 is 12.4 Å². The van der Waals surface area contributed by atoms with Gasteiger partial charge in [0, 0.05) is 12.0 Å². The van der Waals surface area contributed by atoms with Crippen molar-refractivity contribution in [3.8, 4) is 0 Å². The number of nitrogens with one attached hydrogen (secondary N) is 2. The van der Waals surface area contributed by atoms with Crippen LogP contribution in [-0.2, 0) is 11.2 Å². The van der Waals surface area contributed by atoms with Crippen molar-refractivity contribution in [2.45, 2.75) is 38.3 Å². The maximum Gasteiger partial charge on any atom is 0.223 e. The molecule has 1 unspecified atom stereocenters. The highest BCUT2D eigenvalue weighted by Crippen LogP contribution is 2.23. The van der Waals surface area contributed by atoms with Gasteiger partial charge in [-0.1, -0.05) is 24.3 Å². The topological polar surface area (TPSA) is 41.1 Å². The van der Waals surface area contributed by atoms with Crippen molar-refractivity contribution in [2.24, 2.45) is 5.92 Å². The molecule has 0 spiro atoms. The highest BCUT2D eigenvalue weighted by molar-refractivity contribution is 5.85. The number of halogens is 3. The molecule has 3 rings (SSSR count). The van der Waals surface area contributed by atoms with Gasteiger partial charge in [-0.3, -0.25) is 4.79 Å². The summed E-state index contributed by atoms with van der Waals surface area (Å²) >= 11 is 0. The fraction of sp³-hybridized carbons (Fsp3) is 0.381. The van der Waals surface area contributed by atoms with E-state index in [2.05, 4.69) is 17.6 Å². The number of rotatable bonds is 5. The molecule has 1 saturated heterocycles. The molecule has 3 atom stereocenters. The lowest BCUT2D eigenvalue weighted by atomic mass is 9.91. The summed E-state index contributed by atoms with van der Waals surface area (Å²) in [5.41, 5.74) is 1.45. The largest absolute Gasteiger partial charge is 0.349 e. The van der Waals surface area contributed by atoms with Gasteiger partial charge in [0.05, 0.1) is 6.04 Å². The third kappa shape index (κ3) is 6.01. The summed E-state index contributed by atoms with van der Waals surface area (Å²) in [6.07, 6.45) is 1.97. The maximum atomic E-state index is 13.7. The number of piperidine rings is 1. The van der Waals surface area contributed by atoms with Crippen molar-refractivity contribution in [3.63, 3.8) is 0 Å². The van der Waals surface area contributed by atoms with Gasteiger partial charge >= 0.3 is 0 Å². The summed E-state index contributed by atoms with van der Waals surface area (Å²) in [4.78, 5) is 12.8. The van der Waals surface area contributed by atoms with Crippen LogP contribution in [0.25, 0.3) is 0 Å². The van der Waals surface area contributed by atoms with E-state index < -0.39 is 6.04 Å². The van der Waals surface area contributed by atoms with Gasteiger partial charge < -0.3 is 10.6 Å². The Morgan fingerprint density at radius 2 is 1.89 bits per heavy atom. The molecule has 1 fully saturated rings. The Morgan fingerprint density at radius 3 is 2.56 bits per heavy atom. The number of hydrogen-bond acceptors (Lipinski definition) is 2. The van der Waals surface area contributed by atoms with E-state index in [0.29, 0.717) is 18.0 Å². The molecular formula is C21H25ClF2N2O. The van der Waals surface area contributed by atoms with Gasteiger partial charge in [-0.15, -0.1) is 12.4 Å². The third-order valence-corrected chi connectivity index (χ3v) is 4.89. The molecule has 2 aromatic carbocycles. The van der Waals surface area contributed by atoms with E-state index in [4.69, 9.17) is 0 Å². The Bertz CT molecular complexity index is 771. The maximum absolute atomic E-state index is 13.7. The molecule has 1 aliphatic heterocycles. The molecule has 2 N–H and O–H groups in total. The van der Waals surface area contributed by atoms with Crippen LogP contribution in [0.3, 0.4) is 0 Å². The molecule has 0 bridgehead atoms. The molecule has 1 aliphatic rings. The summed E-state index contributed by atoms with van der Waals surface area (Å²) < 4.78 is 27.2. The van der Waals surface area contributed by atoms with E-state index in [9.17, 15) is 13.6 Å². The fourth-order valence-corrected chi connectivity index (χ4v) is 3.53. The highest BCUT2D eigenvalue weighted by atomic mass is 35.5. The van der Waals surface area contributed by atoms with E-state index in [0.717, 1.165) is 24.9 Å². The molecule has 2 aromatic rings. The van der Waals surface area contributed by atoms with Crippen molar-refractivity contribution in [1.29, 1.82) is 0 Å². The number of carbonyl (C=O) groups is 1. The zero-order chi connectivity index (χ0) is 18.5. The molecule has 3 nitrogen and oxygen atoms in total. The van der Waals surface area contributed by atoms with Crippen molar-refractivity contribution < 1.29 is 13.6 Å². The van der Waals surface area contributed by atoms with E-state index >= 15 is 0 Å². The fourth-order valence-electron chi connectivity index (χ4n) is 3.53. The summed E-state index contributed by atoms with van der Waals surface area (Å²) in [5.74, 6) is -0.755. The summed E-state index contributed by atoms with van der Waals surface area (Å²) in [6, 6.07) is 12.4. The molecule has 146 valence electrons. The van der Waals surface area contributed by atoms with Crippen LogP contribution in [0.1, 0.15) is 36.9 Å². The zero-order valence-electron chi connectivity index (χ0n) is 15.3. The lowest BCUT2D eigenvalue weighted by Crippen LogP contribution is -2.43. The first-order valence-electron chi connectivity index (χ1n) is 9.05. The zero-order valence-corrected chi connectivity index (χ0v) is 16.1. The van der Waals surface area contributed by atoms with E-state index in [-0.39, 0.29) is 35.9 Å². The molecule has 0 saturated carbocycles. The summed E-state index contributed by atoms with van der Waals surface area (Å²) in [7, 11) is 0. The minimum absolute atomic E-state index is 0. The summed E-state index contributed by atoms with van der Waals surface area (Å²) in [6.45, 7) is 2.88. The number of carbonyl (C=O) groups excluding carboxylic acids is 1. The first-order valence-corrected chi connectivity index (χ1v) is 9.05. The van der Waals surface area contributed by atoms with E-state index in [1.807, 2.05) is 6.07 Å². The second kappa shape index (κ2) is 9.81. The normalized spacial score (nSPS) is 20.4. The molecular weight excluding hydrogens is 370 g/mol. The van der Waals surface area contributed by atoms with Gasteiger partial charge in [0.15, 0.2) is 0 Å². The number of benzene rings is 2. The van der Waals surface area contributed by atoms with Gasteiger partial charge in [-0.25, -0.2) is 8.78 Å². The molecule has 1 amide bonds. The Labute approximate surface area is 165 Å². The molecule has 6 heteroatoms. The van der Waals surface area contributed by atoms with E-state index in [1.165, 1.54) is 24.3 Å². The number of amides is 1. The quantitative estimate of drug-likeness (QED) is 0.799. The lowest BCUT2D eigenvalue weighted by molar-refractivity contribution is -0.126. The molecule has 0 aliphatic carbocycles. The highest BCUT2D eigenvalue weighted by Gasteiger charge is 2.27. The van der Waals surface area contributed by atoms with E-state index in [1.54, 1.807) is 18.2 Å². The molecule has 1 heterocycles. The van der Waals surface area contributed by atoms with Crippen LogP contribution in [-0.4, -0.2) is 18.5 Å². The van der Waals surface area contributed by atoms with Crippen molar-refractivity contribution >= 4 is 18.3 Å².